The van der Waals surface area contributed by atoms with Gasteiger partial charge in [0.1, 0.15) is 0 Å². The molecule has 0 fully saturated rings. The fourth-order valence-corrected chi connectivity index (χ4v) is 2.29. The Labute approximate surface area is 132 Å². The van der Waals surface area contributed by atoms with Crippen LogP contribution in [0.1, 0.15) is 45.2 Å². The van der Waals surface area contributed by atoms with E-state index in [4.69, 9.17) is 0 Å². The molecule has 19 heavy (non-hydrogen) atoms. The number of hydrogen-bond acceptors (Lipinski definition) is 2. The van der Waals surface area contributed by atoms with Crippen LogP contribution < -0.4 is 5.32 Å². The lowest BCUT2D eigenvalue weighted by Gasteiger charge is -2.21. The lowest BCUT2D eigenvalue weighted by Crippen LogP contribution is -2.28. The first-order chi connectivity index (χ1) is 9.00. The van der Waals surface area contributed by atoms with Gasteiger partial charge in [0.05, 0.1) is 0 Å². The molecule has 0 saturated carbocycles. The van der Waals surface area contributed by atoms with Gasteiger partial charge in [0.25, 0.3) is 0 Å². The Hall–Kier alpha value is -0.130. The first-order valence-electron chi connectivity index (χ1n) is 7.19. The van der Waals surface area contributed by atoms with Crippen LogP contribution in [-0.2, 0) is 0 Å². The Balaban J connectivity index is 2.17. The first kappa shape index (κ1) is 16.9. The lowest BCUT2D eigenvalue weighted by atomic mass is 10.1. The average Bonchev–Trinajstić information content (AvgIpc) is 2.38. The van der Waals surface area contributed by atoms with Crippen molar-refractivity contribution >= 4 is 22.6 Å². The van der Waals surface area contributed by atoms with Crippen molar-refractivity contribution in [2.75, 3.05) is 20.1 Å². The Bertz CT molecular complexity index is 348. The smallest absolute Gasteiger partial charge is 0.0291 e. The summed E-state index contributed by atoms with van der Waals surface area (Å²) < 4.78 is 1.30. The normalized spacial score (nSPS) is 13.2. The van der Waals surface area contributed by atoms with Crippen LogP contribution in [0.5, 0.6) is 0 Å². The van der Waals surface area contributed by atoms with Crippen LogP contribution in [0, 0.1) is 3.57 Å². The zero-order chi connectivity index (χ0) is 14.3. The van der Waals surface area contributed by atoms with Gasteiger partial charge in [-0.3, -0.25) is 0 Å². The van der Waals surface area contributed by atoms with Gasteiger partial charge in [-0.15, -0.1) is 0 Å². The molecule has 0 aliphatic heterocycles. The van der Waals surface area contributed by atoms with E-state index >= 15 is 0 Å². The number of nitrogens with one attached hydrogen (secondary N) is 1. The number of unbranched alkanes of at least 4 members (excludes halogenated alkanes) is 1. The summed E-state index contributed by atoms with van der Waals surface area (Å²) in [6, 6.07) is 9.87. The highest BCUT2D eigenvalue weighted by Gasteiger charge is 2.05. The molecule has 0 radical (unpaired) electrons. The highest BCUT2D eigenvalue weighted by molar-refractivity contribution is 14.1. The number of nitrogens with zero attached hydrogens (tertiary/aromatic N) is 1. The number of rotatable bonds is 8. The van der Waals surface area contributed by atoms with Crippen molar-refractivity contribution < 1.29 is 0 Å². The SMILES string of the molecule is CC(NCCCCN(C)C(C)C)c1ccc(I)cc1. The molecule has 1 aromatic rings. The van der Waals surface area contributed by atoms with E-state index in [0.29, 0.717) is 12.1 Å². The molecule has 0 saturated heterocycles. The van der Waals surface area contributed by atoms with E-state index in [1.807, 2.05) is 0 Å². The third-order valence-electron chi connectivity index (χ3n) is 3.64. The summed E-state index contributed by atoms with van der Waals surface area (Å²) >= 11 is 2.35. The van der Waals surface area contributed by atoms with Gasteiger partial charge in [-0.1, -0.05) is 12.1 Å². The summed E-state index contributed by atoms with van der Waals surface area (Å²) in [6.07, 6.45) is 2.51. The van der Waals surface area contributed by atoms with Crippen molar-refractivity contribution in [2.45, 2.75) is 45.7 Å². The summed E-state index contributed by atoms with van der Waals surface area (Å²) in [7, 11) is 2.20. The van der Waals surface area contributed by atoms with E-state index in [2.05, 4.69) is 84.9 Å². The Morgan fingerprint density at radius 2 is 1.74 bits per heavy atom. The van der Waals surface area contributed by atoms with Crippen LogP contribution in [0.25, 0.3) is 0 Å². The topological polar surface area (TPSA) is 15.3 Å². The average molecular weight is 374 g/mol. The fourth-order valence-electron chi connectivity index (χ4n) is 1.93. The van der Waals surface area contributed by atoms with E-state index in [9.17, 15) is 0 Å². The highest BCUT2D eigenvalue weighted by Crippen LogP contribution is 2.14. The summed E-state index contributed by atoms with van der Waals surface area (Å²) in [6.45, 7) is 9.02. The number of benzene rings is 1. The molecule has 0 spiro atoms. The Morgan fingerprint density at radius 1 is 1.11 bits per heavy atom. The molecule has 3 heteroatoms. The van der Waals surface area contributed by atoms with Crippen LogP contribution in [0.3, 0.4) is 0 Å². The van der Waals surface area contributed by atoms with E-state index in [1.54, 1.807) is 0 Å². The molecule has 1 atom stereocenters. The number of hydrogen-bond donors (Lipinski definition) is 1. The molecule has 108 valence electrons. The van der Waals surface area contributed by atoms with Crippen molar-refractivity contribution in [1.82, 2.24) is 10.2 Å². The van der Waals surface area contributed by atoms with Gasteiger partial charge in [0.2, 0.25) is 0 Å². The van der Waals surface area contributed by atoms with Crippen molar-refractivity contribution in [3.63, 3.8) is 0 Å². The molecule has 1 aromatic carbocycles. The maximum absolute atomic E-state index is 3.60. The maximum atomic E-state index is 3.60. The predicted octanol–water partition coefficient (Wildman–Crippen LogP) is 4.06. The molecule has 0 aliphatic carbocycles. The third-order valence-corrected chi connectivity index (χ3v) is 4.36. The molecule has 0 bridgehead atoms. The second-order valence-electron chi connectivity index (χ2n) is 5.51. The first-order valence-corrected chi connectivity index (χ1v) is 8.27. The second-order valence-corrected chi connectivity index (χ2v) is 6.75. The molecule has 0 heterocycles. The Morgan fingerprint density at radius 3 is 2.32 bits per heavy atom. The van der Waals surface area contributed by atoms with Gasteiger partial charge in [-0.05, 0) is 94.0 Å². The van der Waals surface area contributed by atoms with Crippen LogP contribution in [0.2, 0.25) is 0 Å². The van der Waals surface area contributed by atoms with E-state index in [0.717, 1.165) is 6.54 Å². The summed E-state index contributed by atoms with van der Waals surface area (Å²) in [5.41, 5.74) is 1.37. The standard InChI is InChI=1S/C16H27IN2/c1-13(2)19(4)12-6-5-11-18-14(3)15-7-9-16(17)10-8-15/h7-10,13-14,18H,5-6,11-12H2,1-4H3. The largest absolute Gasteiger partial charge is 0.310 e. The van der Waals surface area contributed by atoms with Gasteiger partial charge in [0, 0.05) is 15.7 Å². The zero-order valence-electron chi connectivity index (χ0n) is 12.6. The molecule has 2 nitrogen and oxygen atoms in total. The molecule has 1 rings (SSSR count). The van der Waals surface area contributed by atoms with Gasteiger partial charge >= 0.3 is 0 Å². The molecular formula is C16H27IN2. The molecule has 0 aliphatic rings. The molecule has 1 N–H and O–H groups in total. The Kier molecular flexibility index (Phi) is 7.95. The van der Waals surface area contributed by atoms with Crippen LogP contribution in [-0.4, -0.2) is 31.1 Å². The third kappa shape index (κ3) is 6.72. The van der Waals surface area contributed by atoms with Gasteiger partial charge < -0.3 is 10.2 Å². The van der Waals surface area contributed by atoms with Crippen molar-refractivity contribution in [1.29, 1.82) is 0 Å². The fraction of sp³-hybridized carbons (Fsp3) is 0.625. The second kappa shape index (κ2) is 8.93. The highest BCUT2D eigenvalue weighted by atomic mass is 127. The van der Waals surface area contributed by atoms with E-state index in [1.165, 1.54) is 28.5 Å². The molecule has 1 unspecified atom stereocenters. The maximum Gasteiger partial charge on any atom is 0.0291 e. The van der Waals surface area contributed by atoms with Crippen molar-refractivity contribution in [2.24, 2.45) is 0 Å². The van der Waals surface area contributed by atoms with Crippen LogP contribution in [0.4, 0.5) is 0 Å². The summed E-state index contributed by atoms with van der Waals surface area (Å²) in [5.74, 6) is 0. The lowest BCUT2D eigenvalue weighted by molar-refractivity contribution is 0.267. The molecule has 0 amide bonds. The summed E-state index contributed by atoms with van der Waals surface area (Å²) in [5, 5.41) is 3.60. The monoisotopic (exact) mass is 374 g/mol. The van der Waals surface area contributed by atoms with E-state index < -0.39 is 0 Å². The summed E-state index contributed by atoms with van der Waals surface area (Å²) in [4.78, 5) is 2.41. The number of halogens is 1. The molecule has 0 aromatic heterocycles. The molecular weight excluding hydrogens is 347 g/mol. The van der Waals surface area contributed by atoms with Gasteiger partial charge in [-0.2, -0.15) is 0 Å². The quantitative estimate of drug-likeness (QED) is 0.545. The van der Waals surface area contributed by atoms with Crippen molar-refractivity contribution in [3.05, 3.63) is 33.4 Å². The van der Waals surface area contributed by atoms with Crippen molar-refractivity contribution in [3.8, 4) is 0 Å². The van der Waals surface area contributed by atoms with Crippen LogP contribution in [0.15, 0.2) is 24.3 Å². The minimum absolute atomic E-state index is 0.444. The zero-order valence-corrected chi connectivity index (χ0v) is 14.8. The minimum atomic E-state index is 0.444. The van der Waals surface area contributed by atoms with Crippen LogP contribution >= 0.6 is 22.6 Å². The van der Waals surface area contributed by atoms with Gasteiger partial charge in [-0.25, -0.2) is 0 Å². The van der Waals surface area contributed by atoms with E-state index in [-0.39, 0.29) is 0 Å². The predicted molar refractivity (Wildman–Crippen MR) is 92.6 cm³/mol. The minimum Gasteiger partial charge on any atom is -0.310 e. The van der Waals surface area contributed by atoms with Gasteiger partial charge in [0.15, 0.2) is 0 Å².